The summed E-state index contributed by atoms with van der Waals surface area (Å²) in [6.07, 6.45) is 3.18. The van der Waals surface area contributed by atoms with Gasteiger partial charge in [-0.1, -0.05) is 11.6 Å². The standard InChI is InChI=1S/C11H11ClN2OS/c12-11-2-1-10(16-11)9(15)5-7-6-14-4-3-8(7)13/h1-4,6,9,15H,5H2,(H2,13,14). The van der Waals surface area contributed by atoms with Crippen molar-refractivity contribution >= 4 is 28.6 Å². The van der Waals surface area contributed by atoms with Crippen LogP contribution in [0.2, 0.25) is 4.34 Å². The molecule has 3 N–H and O–H groups in total. The van der Waals surface area contributed by atoms with Gasteiger partial charge < -0.3 is 10.8 Å². The zero-order valence-electron chi connectivity index (χ0n) is 8.43. The van der Waals surface area contributed by atoms with E-state index in [1.54, 1.807) is 24.5 Å². The van der Waals surface area contributed by atoms with Gasteiger partial charge in [0.05, 0.1) is 10.4 Å². The first-order valence-electron chi connectivity index (χ1n) is 4.78. The first kappa shape index (κ1) is 11.4. The maximum absolute atomic E-state index is 9.98. The van der Waals surface area contributed by atoms with Crippen LogP contribution in [0.25, 0.3) is 0 Å². The number of nitrogens with zero attached hydrogens (tertiary/aromatic N) is 1. The van der Waals surface area contributed by atoms with Gasteiger partial charge in [-0.3, -0.25) is 4.98 Å². The summed E-state index contributed by atoms with van der Waals surface area (Å²) in [4.78, 5) is 4.82. The van der Waals surface area contributed by atoms with Crippen LogP contribution >= 0.6 is 22.9 Å². The third-order valence-corrected chi connectivity index (χ3v) is 3.61. The fraction of sp³-hybridized carbons (Fsp3) is 0.182. The second-order valence-corrected chi connectivity index (χ2v) is 5.18. The molecule has 1 unspecified atom stereocenters. The molecular formula is C11H11ClN2OS. The van der Waals surface area contributed by atoms with Crippen molar-refractivity contribution in [1.82, 2.24) is 4.98 Å². The predicted octanol–water partition coefficient (Wildman–Crippen LogP) is 2.65. The highest BCUT2D eigenvalue weighted by Crippen LogP contribution is 2.29. The summed E-state index contributed by atoms with van der Waals surface area (Å²) in [5.41, 5.74) is 7.27. The van der Waals surface area contributed by atoms with E-state index in [1.165, 1.54) is 11.3 Å². The number of nitrogens with two attached hydrogens (primary N) is 1. The number of pyridine rings is 1. The highest BCUT2D eigenvalue weighted by Gasteiger charge is 2.12. The molecule has 2 heterocycles. The van der Waals surface area contributed by atoms with Crippen LogP contribution in [-0.2, 0) is 6.42 Å². The fourth-order valence-electron chi connectivity index (χ4n) is 1.42. The molecule has 0 aliphatic carbocycles. The van der Waals surface area contributed by atoms with E-state index in [-0.39, 0.29) is 0 Å². The van der Waals surface area contributed by atoms with E-state index in [1.807, 2.05) is 6.07 Å². The van der Waals surface area contributed by atoms with Crippen LogP contribution < -0.4 is 5.73 Å². The molecule has 0 fully saturated rings. The van der Waals surface area contributed by atoms with Gasteiger partial charge in [0.25, 0.3) is 0 Å². The summed E-state index contributed by atoms with van der Waals surface area (Å²) in [6, 6.07) is 5.32. The number of rotatable bonds is 3. The van der Waals surface area contributed by atoms with Crippen LogP contribution in [0.3, 0.4) is 0 Å². The molecule has 16 heavy (non-hydrogen) atoms. The molecule has 0 radical (unpaired) electrons. The summed E-state index contributed by atoms with van der Waals surface area (Å²) in [5, 5.41) is 9.98. The number of thiophene rings is 1. The molecule has 84 valence electrons. The number of hydrogen-bond acceptors (Lipinski definition) is 4. The van der Waals surface area contributed by atoms with Crippen molar-refractivity contribution in [3.8, 4) is 0 Å². The Morgan fingerprint density at radius 3 is 2.88 bits per heavy atom. The Hall–Kier alpha value is -1.10. The van der Waals surface area contributed by atoms with Crippen LogP contribution in [0.15, 0.2) is 30.6 Å². The molecule has 0 spiro atoms. The SMILES string of the molecule is Nc1ccncc1CC(O)c1ccc(Cl)s1. The van der Waals surface area contributed by atoms with Crippen LogP contribution in [0.5, 0.6) is 0 Å². The van der Waals surface area contributed by atoms with Crippen LogP contribution in [0.4, 0.5) is 5.69 Å². The lowest BCUT2D eigenvalue weighted by Crippen LogP contribution is -2.03. The number of aliphatic hydroxyl groups is 1. The first-order valence-corrected chi connectivity index (χ1v) is 5.98. The van der Waals surface area contributed by atoms with Crippen molar-refractivity contribution in [1.29, 1.82) is 0 Å². The predicted molar refractivity (Wildman–Crippen MR) is 66.6 cm³/mol. The van der Waals surface area contributed by atoms with E-state index in [0.29, 0.717) is 16.4 Å². The zero-order valence-corrected chi connectivity index (χ0v) is 10.0. The number of aromatic nitrogens is 1. The molecule has 2 aromatic heterocycles. The van der Waals surface area contributed by atoms with Crippen molar-refractivity contribution in [3.05, 3.63) is 45.4 Å². The monoisotopic (exact) mass is 254 g/mol. The van der Waals surface area contributed by atoms with Crippen LogP contribution in [-0.4, -0.2) is 10.1 Å². The quantitative estimate of drug-likeness (QED) is 0.885. The van der Waals surface area contributed by atoms with E-state index < -0.39 is 6.10 Å². The summed E-state index contributed by atoms with van der Waals surface area (Å²) < 4.78 is 0.674. The van der Waals surface area contributed by atoms with Gasteiger partial charge in [-0.25, -0.2) is 0 Å². The number of aliphatic hydroxyl groups excluding tert-OH is 1. The van der Waals surface area contributed by atoms with Crippen molar-refractivity contribution in [3.63, 3.8) is 0 Å². The van der Waals surface area contributed by atoms with Crippen molar-refractivity contribution in [2.75, 3.05) is 5.73 Å². The van der Waals surface area contributed by atoms with E-state index in [2.05, 4.69) is 4.98 Å². The van der Waals surface area contributed by atoms with Crippen LogP contribution in [0.1, 0.15) is 16.5 Å². The molecule has 2 rings (SSSR count). The molecule has 0 amide bonds. The van der Waals surface area contributed by atoms with Crippen molar-refractivity contribution < 1.29 is 5.11 Å². The molecule has 5 heteroatoms. The molecular weight excluding hydrogens is 244 g/mol. The number of anilines is 1. The van der Waals surface area contributed by atoms with Crippen LogP contribution in [0, 0.1) is 0 Å². The summed E-state index contributed by atoms with van der Waals surface area (Å²) >= 11 is 7.18. The van der Waals surface area contributed by atoms with Crippen molar-refractivity contribution in [2.24, 2.45) is 0 Å². The second-order valence-electron chi connectivity index (χ2n) is 3.44. The minimum Gasteiger partial charge on any atom is -0.398 e. The van der Waals surface area contributed by atoms with Gasteiger partial charge in [0, 0.05) is 29.4 Å². The summed E-state index contributed by atoms with van der Waals surface area (Å²) in [6.45, 7) is 0. The molecule has 0 bridgehead atoms. The van der Waals surface area contributed by atoms with Gasteiger partial charge in [-0.2, -0.15) is 0 Å². The maximum Gasteiger partial charge on any atom is 0.0932 e. The van der Waals surface area contributed by atoms with Crippen molar-refractivity contribution in [2.45, 2.75) is 12.5 Å². The van der Waals surface area contributed by atoms with E-state index in [4.69, 9.17) is 17.3 Å². The van der Waals surface area contributed by atoms with Gasteiger partial charge in [-0.05, 0) is 23.8 Å². The number of hydrogen-bond donors (Lipinski definition) is 2. The normalized spacial score (nSPS) is 12.6. The minimum atomic E-state index is -0.580. The average molecular weight is 255 g/mol. The van der Waals surface area contributed by atoms with Gasteiger partial charge in [0.15, 0.2) is 0 Å². The highest BCUT2D eigenvalue weighted by atomic mass is 35.5. The second kappa shape index (κ2) is 4.82. The van der Waals surface area contributed by atoms with E-state index in [9.17, 15) is 5.11 Å². The first-order chi connectivity index (χ1) is 7.66. The Balaban J connectivity index is 2.13. The smallest absolute Gasteiger partial charge is 0.0932 e. The third-order valence-electron chi connectivity index (χ3n) is 2.28. The van der Waals surface area contributed by atoms with E-state index >= 15 is 0 Å². The molecule has 0 saturated heterocycles. The minimum absolute atomic E-state index is 0.455. The Bertz CT molecular complexity index is 486. The third kappa shape index (κ3) is 2.52. The molecule has 1 atom stereocenters. The van der Waals surface area contributed by atoms with E-state index in [0.717, 1.165) is 10.4 Å². The number of halogens is 1. The molecule has 3 nitrogen and oxygen atoms in total. The highest BCUT2D eigenvalue weighted by molar-refractivity contribution is 7.16. The molecule has 2 aromatic rings. The van der Waals surface area contributed by atoms with Gasteiger partial charge in [0.2, 0.25) is 0 Å². The Kier molecular flexibility index (Phi) is 3.43. The lowest BCUT2D eigenvalue weighted by molar-refractivity contribution is 0.182. The Labute approximate surface area is 103 Å². The summed E-state index contributed by atoms with van der Waals surface area (Å²) in [7, 11) is 0. The average Bonchev–Trinajstić information content (AvgIpc) is 2.68. The lowest BCUT2D eigenvalue weighted by atomic mass is 10.1. The molecule has 0 aromatic carbocycles. The fourth-order valence-corrected chi connectivity index (χ4v) is 2.47. The maximum atomic E-state index is 9.98. The molecule has 0 saturated carbocycles. The Morgan fingerprint density at radius 1 is 1.44 bits per heavy atom. The van der Waals surface area contributed by atoms with Gasteiger partial charge in [-0.15, -0.1) is 11.3 Å². The summed E-state index contributed by atoms with van der Waals surface area (Å²) in [5.74, 6) is 0. The topological polar surface area (TPSA) is 59.1 Å². The van der Waals surface area contributed by atoms with Gasteiger partial charge in [0.1, 0.15) is 0 Å². The number of nitrogen functional groups attached to an aromatic ring is 1. The Morgan fingerprint density at radius 2 is 2.25 bits per heavy atom. The largest absolute Gasteiger partial charge is 0.398 e. The van der Waals surface area contributed by atoms with Gasteiger partial charge >= 0.3 is 0 Å². The lowest BCUT2D eigenvalue weighted by Gasteiger charge is -2.09. The molecule has 0 aliphatic heterocycles. The zero-order chi connectivity index (χ0) is 11.5. The molecule has 0 aliphatic rings.